The number of anilines is 2. The van der Waals surface area contributed by atoms with Gasteiger partial charge in [-0.2, -0.15) is 4.72 Å². The molecule has 10 rings (SSSR count). The summed E-state index contributed by atoms with van der Waals surface area (Å²) in [5.41, 5.74) is 6.19. The molecule has 0 aliphatic carbocycles. The van der Waals surface area contributed by atoms with Crippen molar-refractivity contribution in [2.45, 2.75) is 84.6 Å². The number of rotatable bonds is 17. The summed E-state index contributed by atoms with van der Waals surface area (Å²) in [6.07, 6.45) is 5.33. The number of fused-ring (bicyclic) bond motifs is 1. The zero-order chi connectivity index (χ0) is 55.5. The summed E-state index contributed by atoms with van der Waals surface area (Å²) >= 11 is -0.388. The lowest BCUT2D eigenvalue weighted by molar-refractivity contribution is -0.144. The zero-order valence-corrected chi connectivity index (χ0v) is 46.7. The number of aromatic nitrogens is 3. The summed E-state index contributed by atoms with van der Waals surface area (Å²) < 4.78 is 61.3. The number of hydrogen-bond acceptors (Lipinski definition) is 13. The minimum atomic E-state index is -1.99. The van der Waals surface area contributed by atoms with E-state index in [0.29, 0.717) is 48.4 Å². The fraction of sp³-hybridized carbons (Fsp3) is 0.448. The maximum absolute atomic E-state index is 15.8. The van der Waals surface area contributed by atoms with E-state index in [1.54, 1.807) is 28.5 Å². The summed E-state index contributed by atoms with van der Waals surface area (Å²) in [5, 5.41) is 6.52. The van der Waals surface area contributed by atoms with Crippen molar-refractivity contribution < 1.29 is 36.9 Å². The van der Waals surface area contributed by atoms with Crippen LogP contribution in [0.15, 0.2) is 84.6 Å². The van der Waals surface area contributed by atoms with E-state index in [-0.39, 0.29) is 55.0 Å². The van der Waals surface area contributed by atoms with Crippen LogP contribution in [0.2, 0.25) is 0 Å². The number of hydrogen-bond donors (Lipinski definition) is 4. The first-order valence-electron chi connectivity index (χ1n) is 27.2. The number of carbonyl (C=O) groups excluding carboxylic acids is 4. The number of alkyl halides is 1. The predicted octanol–water partition coefficient (Wildman–Crippen LogP) is 7.88. The van der Waals surface area contributed by atoms with Crippen LogP contribution in [0.25, 0.3) is 32.6 Å². The lowest BCUT2D eigenvalue weighted by Crippen LogP contribution is -2.58. The van der Waals surface area contributed by atoms with Gasteiger partial charge in [-0.15, -0.1) is 15.6 Å². The molecule has 79 heavy (non-hydrogen) atoms. The van der Waals surface area contributed by atoms with Crippen LogP contribution in [0.3, 0.4) is 0 Å². The quantitative estimate of drug-likeness (QED) is 0.0513. The van der Waals surface area contributed by atoms with Crippen LogP contribution >= 0.6 is 11.3 Å². The minimum absolute atomic E-state index is 0.0244. The van der Waals surface area contributed by atoms with E-state index in [1.807, 2.05) is 69.6 Å². The monoisotopic (exact) mass is 1120 g/mol. The van der Waals surface area contributed by atoms with Crippen molar-refractivity contribution in [1.29, 1.82) is 0 Å². The van der Waals surface area contributed by atoms with Crippen LogP contribution < -0.4 is 20.3 Å². The molecule has 6 aromatic rings. The van der Waals surface area contributed by atoms with E-state index < -0.39 is 58.2 Å². The average Bonchev–Trinajstić information content (AvgIpc) is 4.37. The number of likely N-dealkylation sites (tertiary alicyclic amines) is 2. The Labute approximate surface area is 466 Å². The van der Waals surface area contributed by atoms with Crippen LogP contribution in [0, 0.1) is 29.9 Å². The predicted molar refractivity (Wildman–Crippen MR) is 302 cm³/mol. The fourth-order valence-corrected chi connectivity index (χ4v) is 13.1. The number of ketones is 1. The Kier molecular flexibility index (Phi) is 17.1. The smallest absolute Gasteiger partial charge is 0.246 e. The molecule has 4 fully saturated rings. The van der Waals surface area contributed by atoms with Gasteiger partial charge in [0, 0.05) is 87.0 Å². The van der Waals surface area contributed by atoms with Crippen molar-refractivity contribution in [2.75, 3.05) is 81.6 Å². The summed E-state index contributed by atoms with van der Waals surface area (Å²) in [5.74, 6) is -3.27. The fourth-order valence-electron chi connectivity index (χ4n) is 11.3. The molecule has 4 atom stereocenters. The van der Waals surface area contributed by atoms with E-state index in [0.717, 1.165) is 104 Å². The number of piperidine rings is 1. The molecule has 0 saturated carbocycles. The number of nitrogens with one attached hydrogen (secondary N) is 4. The van der Waals surface area contributed by atoms with Crippen LogP contribution in [-0.2, 0) is 32.5 Å². The van der Waals surface area contributed by atoms with Crippen molar-refractivity contribution in [3.63, 3.8) is 0 Å². The number of pyridine rings is 1. The van der Waals surface area contributed by atoms with E-state index in [9.17, 15) is 28.1 Å². The maximum atomic E-state index is 15.8. The third-order valence-corrected chi connectivity index (χ3v) is 18.0. The molecule has 4 aliphatic heterocycles. The van der Waals surface area contributed by atoms with Crippen LogP contribution in [-0.4, -0.2) is 152 Å². The second-order valence-corrected chi connectivity index (χ2v) is 24.4. The summed E-state index contributed by atoms with van der Waals surface area (Å²) in [6, 6.07) is 18.6. The molecule has 4 saturated heterocycles. The summed E-state index contributed by atoms with van der Waals surface area (Å²) in [4.78, 5) is 76.8. The van der Waals surface area contributed by atoms with Gasteiger partial charge in [-0.3, -0.25) is 29.0 Å². The Morgan fingerprint density at radius 3 is 2.28 bits per heavy atom. The van der Waals surface area contributed by atoms with Crippen molar-refractivity contribution in [1.82, 2.24) is 44.6 Å². The third kappa shape index (κ3) is 12.8. The van der Waals surface area contributed by atoms with Gasteiger partial charge >= 0.3 is 0 Å². The van der Waals surface area contributed by atoms with Gasteiger partial charge in [0.1, 0.15) is 35.4 Å². The third-order valence-electron chi connectivity index (χ3n) is 15.8. The highest BCUT2D eigenvalue weighted by atomic mass is 32.2. The number of halogens is 3. The first-order valence-corrected chi connectivity index (χ1v) is 29.2. The molecule has 3 unspecified atom stereocenters. The molecule has 418 valence electrons. The lowest BCUT2D eigenvalue weighted by atomic mass is 9.85. The normalized spacial score (nSPS) is 19.7. The standard InChI is InChI=1S/C58H68F3N11O5S2/c1-36-53(78-35-65-36)40-9-7-37(8-10-40)29-64-56(75)48-6-5-20-72(48)57(76)54(58(2,3)4)66-49(73)34-68-21-17-38(18-22-68)32-69-24-26-70(27-25-69)43-13-11-39(12-14-43)41-28-44-45(31-63-55(44)62-30-41)52(74)50-46(60)15-16-47(51(50)61)67-79(77)71-23-19-42(59)33-71/h7-16,28,30-31,35,38,42,48,54,67H,5-6,17-27,29,32-34H2,1-4H3,(H,62,63)(H,64,75)(H,66,73)/t42-,48?,54?,79?/m1/s1. The van der Waals surface area contributed by atoms with Gasteiger partial charge in [0.2, 0.25) is 23.5 Å². The van der Waals surface area contributed by atoms with Crippen molar-refractivity contribution in [2.24, 2.45) is 11.3 Å². The highest BCUT2D eigenvalue weighted by Gasteiger charge is 2.42. The number of aromatic amines is 1. The number of thiazole rings is 1. The molecule has 21 heteroatoms. The van der Waals surface area contributed by atoms with Gasteiger partial charge in [0.25, 0.3) is 0 Å². The maximum Gasteiger partial charge on any atom is 0.246 e. The highest BCUT2D eigenvalue weighted by molar-refractivity contribution is 7.90. The number of aryl methyl sites for hydroxylation is 1. The molecule has 3 amide bonds. The second kappa shape index (κ2) is 24.2. The van der Waals surface area contributed by atoms with Gasteiger partial charge in [0.15, 0.2) is 17.4 Å². The van der Waals surface area contributed by atoms with Crippen LogP contribution in [0.4, 0.5) is 24.5 Å². The van der Waals surface area contributed by atoms with E-state index >= 15 is 8.78 Å². The molecule has 7 heterocycles. The molecule has 3 aromatic carbocycles. The molecule has 0 spiro atoms. The first-order chi connectivity index (χ1) is 38.0. The molecule has 16 nitrogen and oxygen atoms in total. The minimum Gasteiger partial charge on any atom is -0.573 e. The number of H-pyrrole nitrogens is 1. The topological polar surface area (TPSA) is 185 Å². The van der Waals surface area contributed by atoms with E-state index in [1.165, 1.54) is 10.5 Å². The van der Waals surface area contributed by atoms with Crippen LogP contribution in [0.5, 0.6) is 0 Å². The first kappa shape index (κ1) is 55.9. The molecule has 3 aromatic heterocycles. The van der Waals surface area contributed by atoms with Crippen molar-refractivity contribution in [3.05, 3.63) is 119 Å². The Morgan fingerprint density at radius 1 is 0.861 bits per heavy atom. The summed E-state index contributed by atoms with van der Waals surface area (Å²) in [6.45, 7) is 15.1. The van der Waals surface area contributed by atoms with Gasteiger partial charge in [-0.1, -0.05) is 57.2 Å². The second-order valence-electron chi connectivity index (χ2n) is 22.4. The number of carbonyl (C=O) groups is 4. The zero-order valence-electron chi connectivity index (χ0n) is 45.0. The Balaban J connectivity index is 0.669. The molecule has 4 N–H and O–H groups in total. The molecule has 4 aliphatic rings. The molecular formula is C58H68F3N11O5S2. The highest BCUT2D eigenvalue weighted by Crippen LogP contribution is 2.33. The van der Waals surface area contributed by atoms with Crippen molar-refractivity contribution in [3.8, 4) is 21.6 Å². The largest absolute Gasteiger partial charge is 0.573 e. The number of amides is 3. The number of nitrogens with zero attached hydrogens (tertiary/aromatic N) is 7. The lowest BCUT2D eigenvalue weighted by Gasteiger charge is -2.40. The van der Waals surface area contributed by atoms with E-state index in [2.05, 4.69) is 57.1 Å². The Hall–Kier alpha value is -6.36. The molecular weight excluding hydrogens is 1050 g/mol. The number of benzene rings is 3. The van der Waals surface area contributed by atoms with Gasteiger partial charge in [-0.05, 0) is 110 Å². The average molecular weight is 1120 g/mol. The van der Waals surface area contributed by atoms with Crippen LogP contribution in [0.1, 0.15) is 80.1 Å². The summed E-state index contributed by atoms with van der Waals surface area (Å²) in [7, 11) is 0. The molecule has 0 bridgehead atoms. The van der Waals surface area contributed by atoms with E-state index in [4.69, 9.17) is 0 Å². The SMILES string of the molecule is Cc1ncsc1-c1ccc(CNC(=O)C2CCCN2C(=O)C(NC(=O)CN2CCC(CN3CCN(c4ccc(-c5cnc6[nH]cc(C(=O)c7c(F)ccc(N[S+]([O-])N8CC[C@@H](F)C8)c7F)c6c5)cc4)CC3)CC2)C(C)(C)C)cc1. The van der Waals surface area contributed by atoms with Gasteiger partial charge in [-0.25, -0.2) is 23.1 Å². The van der Waals surface area contributed by atoms with Crippen molar-refractivity contribution >= 4 is 68.8 Å². The van der Waals surface area contributed by atoms with Gasteiger partial charge < -0.3 is 30.0 Å². The molecule has 0 radical (unpaired) electrons. The van der Waals surface area contributed by atoms with Gasteiger partial charge in [0.05, 0.1) is 34.7 Å². The Bertz CT molecular complexity index is 3160. The number of piperazine rings is 1. The Morgan fingerprint density at radius 2 is 1.59 bits per heavy atom.